The number of carbonyl (C=O) groups is 2. The number of amides is 2. The Morgan fingerprint density at radius 3 is 2.48 bits per heavy atom. The minimum absolute atomic E-state index is 0.0377. The lowest BCUT2D eigenvalue weighted by Gasteiger charge is -2.22. The van der Waals surface area contributed by atoms with Gasteiger partial charge in [0.15, 0.2) is 0 Å². The first kappa shape index (κ1) is 22.4. The van der Waals surface area contributed by atoms with E-state index in [-0.39, 0.29) is 21.8 Å². The molecule has 2 amide bonds. The summed E-state index contributed by atoms with van der Waals surface area (Å²) in [7, 11) is 0. The van der Waals surface area contributed by atoms with Gasteiger partial charge in [0.25, 0.3) is 11.6 Å². The molecule has 160 valence electrons. The number of ether oxygens (including phenoxy) is 1. The Bertz CT molecular complexity index is 1050. The van der Waals surface area contributed by atoms with Crippen LogP contribution in [0.15, 0.2) is 53.4 Å². The fourth-order valence-electron chi connectivity index (χ4n) is 2.82. The molecule has 0 bridgehead atoms. The number of thioether (sulfide) groups is 1. The molecule has 2 aromatic rings. The number of non-ortho nitro benzene ring substituents is 1. The third-order valence-corrected chi connectivity index (χ3v) is 5.76. The summed E-state index contributed by atoms with van der Waals surface area (Å²) in [5, 5.41) is 13.5. The van der Waals surface area contributed by atoms with Gasteiger partial charge < -0.3 is 10.1 Å². The van der Waals surface area contributed by atoms with Gasteiger partial charge in [0, 0.05) is 17.8 Å². The summed E-state index contributed by atoms with van der Waals surface area (Å²) in [5.74, 6) is -0.0680. The maximum absolute atomic E-state index is 12.9. The highest BCUT2D eigenvalue weighted by Crippen LogP contribution is 2.34. The summed E-state index contributed by atoms with van der Waals surface area (Å²) in [4.78, 5) is 37.4. The summed E-state index contributed by atoms with van der Waals surface area (Å²) >= 11 is 6.40. The Morgan fingerprint density at radius 2 is 1.90 bits per heavy atom. The predicted molar refractivity (Wildman–Crippen MR) is 124 cm³/mol. The van der Waals surface area contributed by atoms with E-state index in [1.807, 2.05) is 6.92 Å². The molecule has 1 atom stereocenters. The average Bonchev–Trinajstić information content (AvgIpc) is 3.02. The van der Waals surface area contributed by atoms with Crippen molar-refractivity contribution in [3.05, 3.63) is 69.1 Å². The molecule has 3 rings (SSSR count). The van der Waals surface area contributed by atoms with Crippen molar-refractivity contribution in [3.8, 4) is 5.75 Å². The fraction of sp³-hybridized carbons (Fsp3) is 0.190. The molecule has 1 fully saturated rings. The zero-order chi connectivity index (χ0) is 22.5. The van der Waals surface area contributed by atoms with Crippen LogP contribution in [0.1, 0.15) is 19.4 Å². The zero-order valence-electron chi connectivity index (χ0n) is 16.7. The summed E-state index contributed by atoms with van der Waals surface area (Å²) in [5.41, 5.74) is 1.16. The van der Waals surface area contributed by atoms with E-state index in [2.05, 4.69) is 5.32 Å². The average molecular weight is 458 g/mol. The predicted octanol–water partition coefficient (Wildman–Crippen LogP) is 4.22. The van der Waals surface area contributed by atoms with Crippen molar-refractivity contribution in [2.45, 2.75) is 19.9 Å². The fourth-order valence-corrected chi connectivity index (χ4v) is 4.24. The topological polar surface area (TPSA) is 102 Å². The maximum atomic E-state index is 12.9. The number of thiocarbonyl (C=S) groups is 1. The molecule has 2 aromatic carbocycles. The van der Waals surface area contributed by atoms with Gasteiger partial charge in [-0.25, -0.2) is 0 Å². The third kappa shape index (κ3) is 5.28. The smallest absolute Gasteiger partial charge is 0.269 e. The monoisotopic (exact) mass is 457 g/mol. The first-order valence-corrected chi connectivity index (χ1v) is 10.6. The van der Waals surface area contributed by atoms with Crippen molar-refractivity contribution in [1.82, 2.24) is 4.90 Å². The molecule has 1 heterocycles. The molecule has 1 N–H and O–H groups in total. The summed E-state index contributed by atoms with van der Waals surface area (Å²) < 4.78 is 5.65. The van der Waals surface area contributed by atoms with Crippen LogP contribution in [0.4, 0.5) is 11.4 Å². The minimum atomic E-state index is -0.818. The van der Waals surface area contributed by atoms with E-state index in [4.69, 9.17) is 17.0 Å². The van der Waals surface area contributed by atoms with Crippen LogP contribution in [0.5, 0.6) is 5.75 Å². The summed E-state index contributed by atoms with van der Waals surface area (Å²) in [6, 6.07) is 11.9. The molecule has 0 spiro atoms. The van der Waals surface area contributed by atoms with E-state index in [0.29, 0.717) is 28.5 Å². The number of nitro groups is 1. The van der Waals surface area contributed by atoms with Crippen LogP contribution in [0.2, 0.25) is 0 Å². The Morgan fingerprint density at radius 1 is 1.26 bits per heavy atom. The van der Waals surface area contributed by atoms with Crippen LogP contribution in [-0.2, 0) is 9.59 Å². The van der Waals surface area contributed by atoms with Crippen molar-refractivity contribution >= 4 is 57.6 Å². The highest BCUT2D eigenvalue weighted by Gasteiger charge is 2.38. The normalized spacial score (nSPS) is 15.8. The molecule has 0 aliphatic carbocycles. The molecule has 0 radical (unpaired) electrons. The highest BCUT2D eigenvalue weighted by molar-refractivity contribution is 8.26. The third-order valence-electron chi connectivity index (χ3n) is 4.42. The Labute approximate surface area is 188 Å². The summed E-state index contributed by atoms with van der Waals surface area (Å²) in [6.45, 7) is 4.03. The molecule has 1 unspecified atom stereocenters. The molecule has 8 nitrogen and oxygen atoms in total. The van der Waals surface area contributed by atoms with Crippen molar-refractivity contribution < 1.29 is 19.2 Å². The van der Waals surface area contributed by atoms with Gasteiger partial charge in [-0.2, -0.15) is 0 Å². The highest BCUT2D eigenvalue weighted by atomic mass is 32.2. The number of nitrogens with zero attached hydrogens (tertiary/aromatic N) is 2. The lowest BCUT2D eigenvalue weighted by Crippen LogP contribution is -2.44. The van der Waals surface area contributed by atoms with E-state index in [9.17, 15) is 19.7 Å². The van der Waals surface area contributed by atoms with Crippen molar-refractivity contribution in [2.24, 2.45) is 0 Å². The van der Waals surface area contributed by atoms with Crippen LogP contribution in [0.3, 0.4) is 0 Å². The Balaban J connectivity index is 1.70. The van der Waals surface area contributed by atoms with E-state index >= 15 is 0 Å². The number of anilines is 1. The van der Waals surface area contributed by atoms with E-state index in [1.54, 1.807) is 49.4 Å². The molecule has 0 aromatic heterocycles. The second-order valence-corrected chi connectivity index (χ2v) is 8.20. The Hall–Kier alpha value is -3.24. The van der Waals surface area contributed by atoms with Gasteiger partial charge in [0.1, 0.15) is 16.1 Å². The van der Waals surface area contributed by atoms with Crippen LogP contribution in [-0.4, -0.2) is 38.6 Å². The van der Waals surface area contributed by atoms with Gasteiger partial charge in [-0.1, -0.05) is 24.0 Å². The first-order valence-electron chi connectivity index (χ1n) is 9.35. The molecule has 1 aliphatic heterocycles. The van der Waals surface area contributed by atoms with Crippen LogP contribution < -0.4 is 10.1 Å². The van der Waals surface area contributed by atoms with Gasteiger partial charge in [-0.05, 0) is 61.9 Å². The van der Waals surface area contributed by atoms with Gasteiger partial charge in [-0.3, -0.25) is 24.6 Å². The molecule has 1 saturated heterocycles. The molecule has 10 heteroatoms. The first-order chi connectivity index (χ1) is 14.8. The number of benzene rings is 2. The molecule has 31 heavy (non-hydrogen) atoms. The number of hydrogen-bond acceptors (Lipinski definition) is 7. The van der Waals surface area contributed by atoms with Crippen LogP contribution in [0, 0.1) is 10.1 Å². The van der Waals surface area contributed by atoms with E-state index in [1.165, 1.54) is 17.0 Å². The van der Waals surface area contributed by atoms with E-state index in [0.717, 1.165) is 11.8 Å². The number of carbonyl (C=O) groups excluding carboxylic acids is 2. The second kappa shape index (κ2) is 9.71. The largest absolute Gasteiger partial charge is 0.494 e. The molecular weight excluding hydrogens is 438 g/mol. The van der Waals surface area contributed by atoms with Crippen molar-refractivity contribution in [1.29, 1.82) is 0 Å². The number of rotatable bonds is 7. The molecule has 1 aliphatic rings. The van der Waals surface area contributed by atoms with Crippen LogP contribution >= 0.6 is 24.0 Å². The van der Waals surface area contributed by atoms with Crippen LogP contribution in [0.25, 0.3) is 6.08 Å². The standard InChI is InChI=1S/C21H19N3O5S2/c1-3-29-17-10-6-15(7-11-17)22-19(25)13(2)23-20(26)18(31-21(23)30)12-14-4-8-16(9-5-14)24(27)28/h4-13H,3H2,1-2H3,(H,22,25)/b18-12-. The molecular formula is C21H19N3O5S2. The number of nitrogens with one attached hydrogen (secondary N) is 1. The molecule has 0 saturated carbocycles. The van der Waals surface area contributed by atoms with Crippen molar-refractivity contribution in [3.63, 3.8) is 0 Å². The van der Waals surface area contributed by atoms with Gasteiger partial charge in [0.05, 0.1) is 16.4 Å². The lowest BCUT2D eigenvalue weighted by molar-refractivity contribution is -0.384. The zero-order valence-corrected chi connectivity index (χ0v) is 18.4. The SMILES string of the molecule is CCOc1ccc(NC(=O)C(C)N2C(=O)/C(=C/c3ccc([N+](=O)[O-])cc3)SC2=S)cc1. The summed E-state index contributed by atoms with van der Waals surface area (Å²) in [6.07, 6.45) is 1.60. The van der Waals surface area contributed by atoms with Gasteiger partial charge >= 0.3 is 0 Å². The second-order valence-electron chi connectivity index (χ2n) is 6.52. The Kier molecular flexibility index (Phi) is 7.03. The minimum Gasteiger partial charge on any atom is -0.494 e. The number of nitro benzene ring substituents is 1. The maximum Gasteiger partial charge on any atom is 0.269 e. The van der Waals surface area contributed by atoms with E-state index < -0.39 is 11.0 Å². The number of hydrogen-bond donors (Lipinski definition) is 1. The lowest BCUT2D eigenvalue weighted by atomic mass is 10.2. The van der Waals surface area contributed by atoms with Gasteiger partial charge in [-0.15, -0.1) is 0 Å². The van der Waals surface area contributed by atoms with Gasteiger partial charge in [0.2, 0.25) is 5.91 Å². The van der Waals surface area contributed by atoms with Crippen molar-refractivity contribution in [2.75, 3.05) is 11.9 Å². The quantitative estimate of drug-likeness (QED) is 0.287.